The molecule has 0 saturated carbocycles. The lowest BCUT2D eigenvalue weighted by molar-refractivity contribution is 0.113. The molecule has 0 aliphatic carbocycles. The molecule has 0 atom stereocenters. The van der Waals surface area contributed by atoms with E-state index in [0.29, 0.717) is 16.5 Å². The van der Waals surface area contributed by atoms with Gasteiger partial charge >= 0.3 is 0 Å². The Kier molecular flexibility index (Phi) is 7.00. The standard InChI is InChI=1S/C13H20F2N2O3S/c1-2-7-16-11-5-3-4-6-12(11)21(19,20)17(8-9-18)10-13(14)15/h3-6,13,16,18H,2,7-10H2,1H3. The maximum atomic E-state index is 12.6. The molecule has 1 aromatic carbocycles. The lowest BCUT2D eigenvalue weighted by atomic mass is 10.3. The second-order valence-electron chi connectivity index (χ2n) is 4.40. The summed E-state index contributed by atoms with van der Waals surface area (Å²) in [5.41, 5.74) is 0.372. The van der Waals surface area contributed by atoms with Crippen LogP contribution in [0.15, 0.2) is 29.2 Å². The minimum atomic E-state index is -4.09. The molecular weight excluding hydrogens is 302 g/mol. The number of nitrogens with one attached hydrogen (secondary N) is 1. The number of halogens is 2. The Morgan fingerprint density at radius 3 is 2.57 bits per heavy atom. The smallest absolute Gasteiger partial charge is 0.252 e. The Labute approximate surface area is 123 Å². The Morgan fingerprint density at radius 1 is 1.33 bits per heavy atom. The van der Waals surface area contributed by atoms with Crippen molar-refractivity contribution in [2.75, 3.05) is 31.6 Å². The van der Waals surface area contributed by atoms with E-state index in [9.17, 15) is 17.2 Å². The lowest BCUT2D eigenvalue weighted by Gasteiger charge is -2.22. The van der Waals surface area contributed by atoms with Crippen molar-refractivity contribution in [1.82, 2.24) is 4.31 Å². The molecule has 1 aromatic rings. The number of hydrogen-bond donors (Lipinski definition) is 2. The van der Waals surface area contributed by atoms with Gasteiger partial charge in [0.25, 0.3) is 6.43 Å². The predicted octanol–water partition coefficient (Wildman–Crippen LogP) is 1.76. The van der Waals surface area contributed by atoms with Gasteiger partial charge in [-0.25, -0.2) is 17.2 Å². The van der Waals surface area contributed by atoms with E-state index in [4.69, 9.17) is 5.11 Å². The number of nitrogens with zero attached hydrogens (tertiary/aromatic N) is 1. The number of rotatable bonds is 9. The van der Waals surface area contributed by atoms with Crippen molar-refractivity contribution >= 4 is 15.7 Å². The first-order valence-electron chi connectivity index (χ1n) is 6.65. The third-order valence-electron chi connectivity index (χ3n) is 2.76. The van der Waals surface area contributed by atoms with Crippen LogP contribution in [-0.4, -0.2) is 50.5 Å². The van der Waals surface area contributed by atoms with Crippen LogP contribution in [0.2, 0.25) is 0 Å². The number of anilines is 1. The lowest BCUT2D eigenvalue weighted by Crippen LogP contribution is -2.37. The fourth-order valence-electron chi connectivity index (χ4n) is 1.81. The van der Waals surface area contributed by atoms with Gasteiger partial charge in [0.05, 0.1) is 18.8 Å². The Hall–Kier alpha value is -1.25. The molecule has 1 rings (SSSR count). The van der Waals surface area contributed by atoms with E-state index >= 15 is 0 Å². The van der Waals surface area contributed by atoms with E-state index in [2.05, 4.69) is 5.32 Å². The second-order valence-corrected chi connectivity index (χ2v) is 6.31. The van der Waals surface area contributed by atoms with Crippen molar-refractivity contribution in [1.29, 1.82) is 0 Å². The number of aliphatic hydroxyl groups is 1. The highest BCUT2D eigenvalue weighted by molar-refractivity contribution is 7.89. The molecule has 0 fully saturated rings. The minimum absolute atomic E-state index is 0.0625. The molecule has 0 bridgehead atoms. The van der Waals surface area contributed by atoms with Crippen LogP contribution < -0.4 is 5.32 Å². The summed E-state index contributed by atoms with van der Waals surface area (Å²) in [5, 5.41) is 11.9. The number of benzene rings is 1. The summed E-state index contributed by atoms with van der Waals surface area (Å²) in [5.74, 6) is 0. The van der Waals surface area contributed by atoms with Gasteiger partial charge in [0.1, 0.15) is 4.90 Å². The topological polar surface area (TPSA) is 69.6 Å². The molecule has 2 N–H and O–H groups in total. The maximum Gasteiger partial charge on any atom is 0.252 e. The van der Waals surface area contributed by atoms with Crippen molar-refractivity contribution in [2.24, 2.45) is 0 Å². The van der Waals surface area contributed by atoms with Gasteiger partial charge in [-0.1, -0.05) is 19.1 Å². The van der Waals surface area contributed by atoms with Crippen LogP contribution in [-0.2, 0) is 10.0 Å². The maximum absolute atomic E-state index is 12.6. The van der Waals surface area contributed by atoms with Crippen molar-refractivity contribution < 1.29 is 22.3 Å². The number of alkyl halides is 2. The largest absolute Gasteiger partial charge is 0.395 e. The highest BCUT2D eigenvalue weighted by atomic mass is 32.2. The monoisotopic (exact) mass is 322 g/mol. The molecule has 8 heteroatoms. The quantitative estimate of drug-likeness (QED) is 0.727. The van der Waals surface area contributed by atoms with Crippen LogP contribution in [0, 0.1) is 0 Å². The van der Waals surface area contributed by atoms with Gasteiger partial charge < -0.3 is 10.4 Å². The van der Waals surface area contributed by atoms with Gasteiger partial charge in [0.2, 0.25) is 10.0 Å². The van der Waals surface area contributed by atoms with E-state index in [-0.39, 0.29) is 11.4 Å². The third-order valence-corrected chi connectivity index (χ3v) is 4.68. The molecule has 0 heterocycles. The van der Waals surface area contributed by atoms with Crippen LogP contribution in [0.1, 0.15) is 13.3 Å². The molecule has 21 heavy (non-hydrogen) atoms. The zero-order valence-electron chi connectivity index (χ0n) is 11.8. The zero-order valence-corrected chi connectivity index (χ0v) is 12.6. The SMILES string of the molecule is CCCNc1ccccc1S(=O)(=O)N(CCO)CC(F)F. The number of sulfonamides is 1. The summed E-state index contributed by atoms with van der Waals surface area (Å²) in [7, 11) is -4.09. The minimum Gasteiger partial charge on any atom is -0.395 e. The fraction of sp³-hybridized carbons (Fsp3) is 0.538. The molecule has 120 valence electrons. The van der Waals surface area contributed by atoms with Gasteiger partial charge in [0, 0.05) is 13.1 Å². The predicted molar refractivity (Wildman–Crippen MR) is 77.1 cm³/mol. The molecule has 0 saturated heterocycles. The van der Waals surface area contributed by atoms with Crippen LogP contribution >= 0.6 is 0 Å². The fourth-order valence-corrected chi connectivity index (χ4v) is 3.39. The van der Waals surface area contributed by atoms with E-state index in [1.54, 1.807) is 12.1 Å². The van der Waals surface area contributed by atoms with Gasteiger partial charge in [-0.3, -0.25) is 0 Å². The van der Waals surface area contributed by atoms with Gasteiger partial charge in [-0.2, -0.15) is 4.31 Å². The molecule has 5 nitrogen and oxygen atoms in total. The summed E-state index contributed by atoms with van der Waals surface area (Å²) in [6.07, 6.45) is -2.01. The molecule has 0 aliphatic rings. The molecular formula is C13H20F2N2O3S. The van der Waals surface area contributed by atoms with Gasteiger partial charge in [0.15, 0.2) is 0 Å². The van der Waals surface area contributed by atoms with Crippen molar-refractivity contribution in [2.45, 2.75) is 24.7 Å². The number of para-hydroxylation sites is 1. The zero-order chi connectivity index (χ0) is 15.9. The molecule has 0 radical (unpaired) electrons. The molecule has 0 aromatic heterocycles. The van der Waals surface area contributed by atoms with Gasteiger partial charge in [-0.05, 0) is 18.6 Å². The molecule has 0 amide bonds. The second kappa shape index (κ2) is 8.26. The third kappa shape index (κ3) is 4.90. The Morgan fingerprint density at radius 2 is 2.00 bits per heavy atom. The van der Waals surface area contributed by atoms with E-state index < -0.39 is 29.6 Å². The van der Waals surface area contributed by atoms with E-state index in [0.717, 1.165) is 6.42 Å². The number of aliphatic hydroxyl groups excluding tert-OH is 1. The van der Waals surface area contributed by atoms with Crippen molar-refractivity contribution in [3.63, 3.8) is 0 Å². The van der Waals surface area contributed by atoms with Crippen LogP contribution in [0.25, 0.3) is 0 Å². The summed E-state index contributed by atoms with van der Waals surface area (Å²) in [6, 6.07) is 6.15. The molecule has 0 spiro atoms. The summed E-state index contributed by atoms with van der Waals surface area (Å²) < 4.78 is 50.7. The summed E-state index contributed by atoms with van der Waals surface area (Å²) in [4.78, 5) is -0.0625. The van der Waals surface area contributed by atoms with E-state index in [1.807, 2.05) is 6.92 Å². The first-order chi connectivity index (χ1) is 9.93. The average molecular weight is 322 g/mol. The highest BCUT2D eigenvalue weighted by Gasteiger charge is 2.28. The normalized spacial score (nSPS) is 12.1. The van der Waals surface area contributed by atoms with Crippen molar-refractivity contribution in [3.8, 4) is 0 Å². The molecule has 0 aliphatic heterocycles. The molecule has 0 unspecified atom stereocenters. The number of hydrogen-bond acceptors (Lipinski definition) is 4. The Bertz CT molecular complexity index is 538. The first kappa shape index (κ1) is 17.8. The van der Waals surface area contributed by atoms with Crippen molar-refractivity contribution in [3.05, 3.63) is 24.3 Å². The van der Waals surface area contributed by atoms with Crippen LogP contribution in [0.3, 0.4) is 0 Å². The van der Waals surface area contributed by atoms with E-state index in [1.165, 1.54) is 12.1 Å². The van der Waals surface area contributed by atoms with Crippen LogP contribution in [0.4, 0.5) is 14.5 Å². The van der Waals surface area contributed by atoms with Gasteiger partial charge in [-0.15, -0.1) is 0 Å². The average Bonchev–Trinajstić information content (AvgIpc) is 2.44. The summed E-state index contributed by atoms with van der Waals surface area (Å²) in [6.45, 7) is 0.677. The highest BCUT2D eigenvalue weighted by Crippen LogP contribution is 2.25. The van der Waals surface area contributed by atoms with Crippen LogP contribution in [0.5, 0.6) is 0 Å². The Balaban J connectivity index is 3.14. The summed E-state index contributed by atoms with van der Waals surface area (Å²) >= 11 is 0. The first-order valence-corrected chi connectivity index (χ1v) is 8.09.